The van der Waals surface area contributed by atoms with E-state index in [2.05, 4.69) is 20.8 Å². The molecule has 0 aliphatic heterocycles. The number of nitrogens with one attached hydrogen (secondary N) is 1. The summed E-state index contributed by atoms with van der Waals surface area (Å²) in [6, 6.07) is 8.27. The van der Waals surface area contributed by atoms with Gasteiger partial charge in [-0.3, -0.25) is 4.79 Å². The van der Waals surface area contributed by atoms with Crippen LogP contribution in [0.25, 0.3) is 5.69 Å². The number of halogens is 1. The van der Waals surface area contributed by atoms with Gasteiger partial charge in [-0.1, -0.05) is 6.07 Å². The van der Waals surface area contributed by atoms with Gasteiger partial charge in [-0.25, -0.2) is 4.39 Å². The van der Waals surface area contributed by atoms with Crippen LogP contribution in [0.5, 0.6) is 0 Å². The highest BCUT2D eigenvalue weighted by molar-refractivity contribution is 7.09. The first-order valence-corrected chi connectivity index (χ1v) is 7.88. The molecule has 0 atom stereocenters. The van der Waals surface area contributed by atoms with Crippen molar-refractivity contribution in [2.45, 2.75) is 19.8 Å². The lowest BCUT2D eigenvalue weighted by Crippen LogP contribution is -2.14. The van der Waals surface area contributed by atoms with Gasteiger partial charge in [0, 0.05) is 11.3 Å². The first kappa shape index (κ1) is 15.3. The number of aromatic nitrogens is 4. The fourth-order valence-electron chi connectivity index (χ4n) is 2.12. The summed E-state index contributed by atoms with van der Waals surface area (Å²) in [7, 11) is 0. The Kier molecular flexibility index (Phi) is 4.42. The molecular weight excluding hydrogens is 317 g/mol. The number of tetrazole rings is 1. The molecule has 3 aromatic rings. The SMILES string of the molecule is Cc1nnnn1-c1ccc(F)c(NC(=O)CCc2cccs2)c1. The average Bonchev–Trinajstić information content (AvgIpc) is 3.19. The van der Waals surface area contributed by atoms with Gasteiger partial charge in [-0.2, -0.15) is 4.68 Å². The minimum atomic E-state index is -0.496. The van der Waals surface area contributed by atoms with Crippen LogP contribution < -0.4 is 5.32 Å². The van der Waals surface area contributed by atoms with Crippen LogP contribution in [0, 0.1) is 12.7 Å². The third kappa shape index (κ3) is 3.59. The van der Waals surface area contributed by atoms with Crippen molar-refractivity contribution < 1.29 is 9.18 Å². The maximum atomic E-state index is 13.9. The topological polar surface area (TPSA) is 72.7 Å². The number of hydrogen-bond donors (Lipinski definition) is 1. The maximum absolute atomic E-state index is 13.9. The molecule has 0 aliphatic carbocycles. The Labute approximate surface area is 136 Å². The second-order valence-electron chi connectivity index (χ2n) is 4.93. The normalized spacial score (nSPS) is 10.7. The molecular formula is C15H14FN5OS. The quantitative estimate of drug-likeness (QED) is 0.780. The van der Waals surface area contributed by atoms with Crippen molar-refractivity contribution in [2.75, 3.05) is 5.32 Å². The second kappa shape index (κ2) is 6.66. The number of anilines is 1. The number of rotatable bonds is 5. The van der Waals surface area contributed by atoms with Gasteiger partial charge in [0.25, 0.3) is 0 Å². The number of nitrogens with zero attached hydrogens (tertiary/aromatic N) is 4. The number of aryl methyl sites for hydroxylation is 2. The van der Waals surface area contributed by atoms with Gasteiger partial charge in [0.15, 0.2) is 5.82 Å². The summed E-state index contributed by atoms with van der Waals surface area (Å²) in [5.74, 6) is -0.154. The zero-order valence-electron chi connectivity index (χ0n) is 12.4. The first-order valence-electron chi connectivity index (χ1n) is 7.00. The predicted molar refractivity (Wildman–Crippen MR) is 85.1 cm³/mol. The summed E-state index contributed by atoms with van der Waals surface area (Å²) >= 11 is 1.60. The lowest BCUT2D eigenvalue weighted by atomic mass is 10.2. The summed E-state index contributed by atoms with van der Waals surface area (Å²) in [6.07, 6.45) is 0.936. The molecule has 3 rings (SSSR count). The lowest BCUT2D eigenvalue weighted by molar-refractivity contribution is -0.116. The van der Waals surface area contributed by atoms with Crippen LogP contribution in [0.2, 0.25) is 0 Å². The Hall–Kier alpha value is -2.61. The van der Waals surface area contributed by atoms with Crippen LogP contribution in [0.15, 0.2) is 35.7 Å². The number of carbonyl (C=O) groups is 1. The largest absolute Gasteiger partial charge is 0.324 e. The fourth-order valence-corrected chi connectivity index (χ4v) is 2.82. The molecule has 0 saturated heterocycles. The monoisotopic (exact) mass is 331 g/mol. The number of amides is 1. The molecule has 0 spiro atoms. The van der Waals surface area contributed by atoms with E-state index in [0.29, 0.717) is 24.4 Å². The van der Waals surface area contributed by atoms with Crippen LogP contribution >= 0.6 is 11.3 Å². The van der Waals surface area contributed by atoms with E-state index < -0.39 is 5.82 Å². The van der Waals surface area contributed by atoms with Gasteiger partial charge in [0.2, 0.25) is 5.91 Å². The summed E-state index contributed by atoms with van der Waals surface area (Å²) < 4.78 is 15.4. The molecule has 0 radical (unpaired) electrons. The van der Waals surface area contributed by atoms with Crippen LogP contribution in [0.4, 0.5) is 10.1 Å². The molecule has 1 aromatic carbocycles. The van der Waals surface area contributed by atoms with Crippen molar-refractivity contribution in [1.29, 1.82) is 0 Å². The molecule has 0 unspecified atom stereocenters. The molecule has 2 heterocycles. The molecule has 6 nitrogen and oxygen atoms in total. The second-order valence-corrected chi connectivity index (χ2v) is 5.96. The standard InChI is InChI=1S/C15H14FN5OS/c1-10-18-19-20-21(10)11-4-6-13(16)14(9-11)17-15(22)7-5-12-3-2-8-23-12/h2-4,6,8-9H,5,7H2,1H3,(H,17,22). The Morgan fingerprint density at radius 3 is 2.96 bits per heavy atom. The third-order valence-electron chi connectivity index (χ3n) is 3.27. The van der Waals surface area contributed by atoms with E-state index in [9.17, 15) is 9.18 Å². The number of thiophene rings is 1. The number of benzene rings is 1. The van der Waals surface area contributed by atoms with Gasteiger partial charge in [0.1, 0.15) is 5.82 Å². The van der Waals surface area contributed by atoms with Gasteiger partial charge in [-0.15, -0.1) is 16.4 Å². The first-order chi connectivity index (χ1) is 11.1. The predicted octanol–water partition coefficient (Wildman–Crippen LogP) is 2.74. The lowest BCUT2D eigenvalue weighted by Gasteiger charge is -2.09. The van der Waals surface area contributed by atoms with Gasteiger partial charge >= 0.3 is 0 Å². The van der Waals surface area contributed by atoms with Crippen molar-refractivity contribution in [3.63, 3.8) is 0 Å². The van der Waals surface area contributed by atoms with Crippen LogP contribution in [0.3, 0.4) is 0 Å². The molecule has 0 aliphatic rings. The van der Waals surface area contributed by atoms with E-state index in [1.54, 1.807) is 24.3 Å². The highest BCUT2D eigenvalue weighted by Gasteiger charge is 2.11. The van der Waals surface area contributed by atoms with Crippen molar-refractivity contribution in [1.82, 2.24) is 20.2 Å². The molecule has 0 saturated carbocycles. The van der Waals surface area contributed by atoms with Crippen molar-refractivity contribution in [2.24, 2.45) is 0 Å². The van der Waals surface area contributed by atoms with Gasteiger partial charge in [0.05, 0.1) is 11.4 Å². The Morgan fingerprint density at radius 2 is 2.26 bits per heavy atom. The third-order valence-corrected chi connectivity index (χ3v) is 4.21. The van der Waals surface area contributed by atoms with E-state index in [0.717, 1.165) is 4.88 Å². The van der Waals surface area contributed by atoms with Crippen LogP contribution in [-0.4, -0.2) is 26.1 Å². The molecule has 23 heavy (non-hydrogen) atoms. The molecule has 2 aromatic heterocycles. The molecule has 1 N–H and O–H groups in total. The Morgan fingerprint density at radius 1 is 1.39 bits per heavy atom. The molecule has 1 amide bonds. The highest BCUT2D eigenvalue weighted by Crippen LogP contribution is 2.20. The van der Waals surface area contributed by atoms with E-state index in [1.807, 2.05) is 17.5 Å². The zero-order chi connectivity index (χ0) is 16.2. The maximum Gasteiger partial charge on any atom is 0.224 e. The fraction of sp³-hybridized carbons (Fsp3) is 0.200. The Balaban J connectivity index is 1.72. The minimum absolute atomic E-state index is 0.119. The van der Waals surface area contributed by atoms with Crippen molar-refractivity contribution in [3.05, 3.63) is 52.2 Å². The molecule has 118 valence electrons. The van der Waals surface area contributed by atoms with Crippen LogP contribution in [0.1, 0.15) is 17.1 Å². The number of hydrogen-bond acceptors (Lipinski definition) is 5. The van der Waals surface area contributed by atoms with E-state index in [1.165, 1.54) is 16.8 Å². The summed E-state index contributed by atoms with van der Waals surface area (Å²) in [5, 5.41) is 15.7. The Bertz CT molecular complexity index is 815. The highest BCUT2D eigenvalue weighted by atomic mass is 32.1. The van der Waals surface area contributed by atoms with Crippen molar-refractivity contribution in [3.8, 4) is 5.69 Å². The minimum Gasteiger partial charge on any atom is -0.324 e. The summed E-state index contributed by atoms with van der Waals surface area (Å²) in [4.78, 5) is 13.1. The van der Waals surface area contributed by atoms with E-state index >= 15 is 0 Å². The van der Waals surface area contributed by atoms with E-state index in [-0.39, 0.29) is 11.6 Å². The van der Waals surface area contributed by atoms with Crippen LogP contribution in [-0.2, 0) is 11.2 Å². The molecule has 0 fully saturated rings. The summed E-state index contributed by atoms with van der Waals surface area (Å²) in [6.45, 7) is 1.74. The van der Waals surface area contributed by atoms with E-state index in [4.69, 9.17) is 0 Å². The van der Waals surface area contributed by atoms with Gasteiger partial charge < -0.3 is 5.32 Å². The van der Waals surface area contributed by atoms with Crippen molar-refractivity contribution >= 4 is 22.9 Å². The smallest absolute Gasteiger partial charge is 0.224 e. The molecule has 0 bridgehead atoms. The van der Waals surface area contributed by atoms with Gasteiger partial charge in [-0.05, 0) is 53.4 Å². The number of carbonyl (C=O) groups excluding carboxylic acids is 1. The zero-order valence-corrected chi connectivity index (χ0v) is 13.2. The molecule has 8 heteroatoms. The summed E-state index contributed by atoms with van der Waals surface area (Å²) in [5.41, 5.74) is 0.705. The average molecular weight is 331 g/mol.